The Balaban J connectivity index is 1.21. The fraction of sp³-hybridized carbons (Fsp3) is 0.406. The lowest BCUT2D eigenvalue weighted by molar-refractivity contribution is -0.384. The van der Waals surface area contributed by atoms with E-state index in [1.807, 2.05) is 51.9 Å². The molecule has 0 aliphatic carbocycles. The van der Waals surface area contributed by atoms with Crippen molar-refractivity contribution in [2.75, 3.05) is 18.0 Å². The van der Waals surface area contributed by atoms with E-state index in [1.165, 1.54) is 0 Å². The highest BCUT2D eigenvalue weighted by Crippen LogP contribution is 2.48. The number of anilines is 1. The van der Waals surface area contributed by atoms with E-state index in [2.05, 4.69) is 9.88 Å². The molecule has 4 aromatic rings. The molecule has 5 atom stereocenters. The third kappa shape index (κ3) is 3.88. The molecule has 1 amide bonds. The molecule has 8 rings (SSSR count). The van der Waals surface area contributed by atoms with Crippen LogP contribution in [0.3, 0.4) is 0 Å². The van der Waals surface area contributed by atoms with Crippen LogP contribution < -0.4 is 10.5 Å². The van der Waals surface area contributed by atoms with E-state index in [9.17, 15) is 19.7 Å². The van der Waals surface area contributed by atoms with Gasteiger partial charge in [-0.25, -0.2) is 4.98 Å². The lowest BCUT2D eigenvalue weighted by atomic mass is 9.69. The molecule has 42 heavy (non-hydrogen) atoms. The number of pyridine rings is 1. The zero-order valence-electron chi connectivity index (χ0n) is 23.2. The van der Waals surface area contributed by atoms with E-state index in [1.54, 1.807) is 18.2 Å². The first-order valence-electron chi connectivity index (χ1n) is 14.9. The van der Waals surface area contributed by atoms with Crippen molar-refractivity contribution in [1.29, 1.82) is 0 Å². The normalized spacial score (nSPS) is 26.3. The van der Waals surface area contributed by atoms with Gasteiger partial charge in [0.1, 0.15) is 5.82 Å². The molecule has 10 nitrogen and oxygen atoms in total. The second kappa shape index (κ2) is 9.54. The van der Waals surface area contributed by atoms with Crippen LogP contribution >= 0.6 is 0 Å². The smallest absolute Gasteiger partial charge is 0.269 e. The highest BCUT2D eigenvalue weighted by Gasteiger charge is 2.51. The third-order valence-corrected chi connectivity index (χ3v) is 10.0. The Morgan fingerprint density at radius 1 is 1.05 bits per heavy atom. The number of nitrogens with zero attached hydrogens (tertiary/aromatic N) is 5. The first kappa shape index (κ1) is 25.3. The number of benzene rings is 2. The van der Waals surface area contributed by atoms with Gasteiger partial charge in [-0.1, -0.05) is 18.2 Å². The van der Waals surface area contributed by atoms with Crippen LogP contribution in [0.25, 0.3) is 11.0 Å². The number of aromatic nitrogens is 3. The van der Waals surface area contributed by atoms with Crippen LogP contribution in [0.2, 0.25) is 0 Å². The van der Waals surface area contributed by atoms with Gasteiger partial charge < -0.3 is 19.4 Å². The first-order chi connectivity index (χ1) is 20.5. The number of para-hydroxylation sites is 2. The standard InChI is InChI=1S/C32H32N6O4/c39-29-10-5-9-26-20-14-21(18-36(26)29)30-23(16-19-15-22(38(41)42)11-12-27(19)37(30)17-20)32(40)35-13-4-3-8-28(35)31-33-24-6-1-2-7-25(24)34-31/h1-2,5-7,9-12,15,20-21,23,28,30H,3-4,8,13-14,16-18H2,(H,33,34)/t20?,21?,23-,28?,30+/m1/s1. The van der Waals surface area contributed by atoms with Crippen molar-refractivity contribution in [3.05, 3.63) is 98.2 Å². The van der Waals surface area contributed by atoms with Gasteiger partial charge in [0, 0.05) is 61.2 Å². The number of carbonyl (C=O) groups excluding carboxylic acids is 1. The van der Waals surface area contributed by atoms with Crippen molar-refractivity contribution < 1.29 is 9.72 Å². The minimum atomic E-state index is -0.378. The molecule has 3 unspecified atom stereocenters. The van der Waals surface area contributed by atoms with Crippen LogP contribution in [-0.4, -0.2) is 49.4 Å². The number of nitrogens with one attached hydrogen (secondary N) is 1. The third-order valence-electron chi connectivity index (χ3n) is 10.0. The summed E-state index contributed by atoms with van der Waals surface area (Å²) in [6.07, 6.45) is 4.15. The topological polar surface area (TPSA) is 117 Å². The van der Waals surface area contributed by atoms with Crippen LogP contribution in [0, 0.1) is 22.0 Å². The number of imidazole rings is 1. The predicted octanol–water partition coefficient (Wildman–Crippen LogP) is 4.55. The van der Waals surface area contributed by atoms with Gasteiger partial charge in [0.05, 0.1) is 27.9 Å². The summed E-state index contributed by atoms with van der Waals surface area (Å²) in [5, 5.41) is 11.7. The average Bonchev–Trinajstić information content (AvgIpc) is 3.45. The number of hydrogen-bond donors (Lipinski definition) is 1. The summed E-state index contributed by atoms with van der Waals surface area (Å²) < 4.78 is 1.90. The van der Waals surface area contributed by atoms with Gasteiger partial charge in [-0.05, 0) is 67.9 Å². The molecule has 2 fully saturated rings. The summed E-state index contributed by atoms with van der Waals surface area (Å²) in [6, 6.07) is 18.3. The van der Waals surface area contributed by atoms with Crippen molar-refractivity contribution in [3.8, 4) is 0 Å². The molecule has 0 spiro atoms. The summed E-state index contributed by atoms with van der Waals surface area (Å²) in [5.41, 5.74) is 4.76. The predicted molar refractivity (Wildman–Crippen MR) is 157 cm³/mol. The van der Waals surface area contributed by atoms with E-state index in [-0.39, 0.29) is 51.9 Å². The molecule has 0 saturated carbocycles. The quantitative estimate of drug-likeness (QED) is 0.288. The Kier molecular flexibility index (Phi) is 5.74. The number of hydrogen-bond acceptors (Lipinski definition) is 6. The Morgan fingerprint density at radius 2 is 1.93 bits per heavy atom. The van der Waals surface area contributed by atoms with Gasteiger partial charge >= 0.3 is 0 Å². The average molecular weight is 565 g/mol. The maximum atomic E-state index is 14.8. The molecule has 0 radical (unpaired) electrons. The second-order valence-electron chi connectivity index (χ2n) is 12.3. The van der Waals surface area contributed by atoms with Crippen molar-refractivity contribution in [1.82, 2.24) is 19.4 Å². The molecule has 214 valence electrons. The van der Waals surface area contributed by atoms with Gasteiger partial charge in [-0.2, -0.15) is 0 Å². The number of carbonyl (C=O) groups is 1. The van der Waals surface area contributed by atoms with Crippen molar-refractivity contribution in [3.63, 3.8) is 0 Å². The van der Waals surface area contributed by atoms with Gasteiger partial charge in [-0.15, -0.1) is 0 Å². The maximum Gasteiger partial charge on any atom is 0.269 e. The van der Waals surface area contributed by atoms with Crippen LogP contribution in [0.4, 0.5) is 11.4 Å². The van der Waals surface area contributed by atoms with Gasteiger partial charge in [-0.3, -0.25) is 19.7 Å². The zero-order valence-corrected chi connectivity index (χ0v) is 23.2. The minimum absolute atomic E-state index is 0.00587. The van der Waals surface area contributed by atoms with Gasteiger partial charge in [0.15, 0.2) is 0 Å². The molecule has 2 saturated heterocycles. The molecule has 2 aromatic heterocycles. The lowest BCUT2D eigenvalue weighted by Crippen LogP contribution is -2.61. The number of aromatic amines is 1. The number of rotatable bonds is 3. The summed E-state index contributed by atoms with van der Waals surface area (Å²) in [5.74, 6) is 0.787. The molecule has 2 bridgehead atoms. The van der Waals surface area contributed by atoms with Gasteiger partial charge in [0.25, 0.3) is 11.2 Å². The molecule has 2 aromatic carbocycles. The summed E-state index contributed by atoms with van der Waals surface area (Å²) in [4.78, 5) is 51.7. The fourth-order valence-corrected chi connectivity index (χ4v) is 8.26. The largest absolute Gasteiger partial charge is 0.366 e. The number of nitro groups is 1. The first-order valence-corrected chi connectivity index (χ1v) is 14.9. The van der Waals surface area contributed by atoms with Crippen molar-refractivity contribution in [2.45, 2.75) is 56.7 Å². The Bertz CT molecular complexity index is 1760. The van der Waals surface area contributed by atoms with Crippen LogP contribution in [0.15, 0.2) is 65.5 Å². The number of non-ortho nitro benzene ring substituents is 1. The lowest BCUT2D eigenvalue weighted by Gasteiger charge is -2.55. The van der Waals surface area contributed by atoms with E-state index in [0.29, 0.717) is 26.1 Å². The molecule has 1 N–H and O–H groups in total. The highest BCUT2D eigenvalue weighted by molar-refractivity contribution is 5.83. The number of nitro benzene ring substituents is 1. The fourth-order valence-electron chi connectivity index (χ4n) is 8.26. The summed E-state index contributed by atoms with van der Waals surface area (Å²) >= 11 is 0. The molecule has 6 heterocycles. The van der Waals surface area contributed by atoms with Crippen molar-refractivity contribution >= 4 is 28.3 Å². The molecular formula is C32H32N6O4. The molecule has 4 aliphatic heterocycles. The Morgan fingerprint density at radius 3 is 2.79 bits per heavy atom. The summed E-state index contributed by atoms with van der Waals surface area (Å²) in [7, 11) is 0. The number of piperidine rings is 2. The maximum absolute atomic E-state index is 14.8. The zero-order chi connectivity index (χ0) is 28.5. The number of amides is 1. The highest BCUT2D eigenvalue weighted by atomic mass is 16.6. The molecular weight excluding hydrogens is 532 g/mol. The number of H-pyrrole nitrogens is 1. The van der Waals surface area contributed by atoms with E-state index >= 15 is 0 Å². The van der Waals surface area contributed by atoms with E-state index in [4.69, 9.17) is 4.98 Å². The van der Waals surface area contributed by atoms with Crippen LogP contribution in [0.5, 0.6) is 0 Å². The van der Waals surface area contributed by atoms with E-state index < -0.39 is 0 Å². The number of likely N-dealkylation sites (tertiary alicyclic amines) is 1. The monoisotopic (exact) mass is 564 g/mol. The molecule has 10 heteroatoms. The summed E-state index contributed by atoms with van der Waals surface area (Å²) in [6.45, 7) is 1.90. The van der Waals surface area contributed by atoms with Crippen molar-refractivity contribution in [2.24, 2.45) is 11.8 Å². The second-order valence-corrected chi connectivity index (χ2v) is 12.3. The minimum Gasteiger partial charge on any atom is -0.366 e. The SMILES string of the molecule is O=C([C@@H]1Cc2cc([N+](=O)[O-])ccc2N2CC3CC(Cn4c3cccc4=O)[C@@H]12)N1CCCCC1c1nc2ccccc2[nH]1. The molecule has 4 aliphatic rings. The number of fused-ring (bicyclic) bond motifs is 9. The van der Waals surface area contributed by atoms with Crippen LogP contribution in [0.1, 0.15) is 54.7 Å². The van der Waals surface area contributed by atoms with Gasteiger partial charge in [0.2, 0.25) is 5.91 Å². The van der Waals surface area contributed by atoms with Crippen LogP contribution in [-0.2, 0) is 17.8 Å². The Labute approximate surface area is 242 Å². The Hall–Kier alpha value is -4.47. The van der Waals surface area contributed by atoms with E-state index in [0.717, 1.165) is 59.5 Å².